The highest BCUT2D eigenvalue weighted by Gasteiger charge is 2.70. The van der Waals surface area contributed by atoms with Gasteiger partial charge in [0.2, 0.25) is 0 Å². The Morgan fingerprint density at radius 2 is 1.36 bits per heavy atom. The SMILES string of the molecule is Cc1ccc(S(=O)(=O)n2nc(-c3ccc(Cl)cc3)cc2[C@@H]2CC2(C(=O)OCc2ccccc2)C(=O)OCc2ccccc2)cc1. The summed E-state index contributed by atoms with van der Waals surface area (Å²) in [6, 6.07) is 33.0. The van der Waals surface area contributed by atoms with Crippen molar-refractivity contribution in [1.29, 1.82) is 0 Å². The van der Waals surface area contributed by atoms with Crippen molar-refractivity contribution in [3.63, 3.8) is 0 Å². The molecule has 0 saturated heterocycles. The normalized spacial score (nSPS) is 15.3. The van der Waals surface area contributed by atoms with Crippen molar-refractivity contribution in [3.8, 4) is 11.3 Å². The second-order valence-corrected chi connectivity index (χ2v) is 13.2. The molecule has 0 spiro atoms. The Bertz CT molecular complexity index is 1890. The summed E-state index contributed by atoms with van der Waals surface area (Å²) in [5.74, 6) is -2.45. The van der Waals surface area contributed by atoms with Crippen LogP contribution in [0.5, 0.6) is 0 Å². The summed E-state index contributed by atoms with van der Waals surface area (Å²) in [5.41, 5.74) is 1.74. The number of rotatable bonds is 10. The van der Waals surface area contributed by atoms with Gasteiger partial charge in [-0.15, -0.1) is 0 Å². The maximum atomic E-state index is 14.0. The number of benzene rings is 4. The third-order valence-corrected chi connectivity index (χ3v) is 9.73. The van der Waals surface area contributed by atoms with E-state index in [4.69, 9.17) is 21.1 Å². The predicted molar refractivity (Wildman–Crippen MR) is 169 cm³/mol. The molecule has 0 bridgehead atoms. The number of hydrogen-bond donors (Lipinski definition) is 0. The number of nitrogens with zero attached hydrogens (tertiary/aromatic N) is 2. The van der Waals surface area contributed by atoms with Crippen LogP contribution in [0.2, 0.25) is 5.02 Å². The van der Waals surface area contributed by atoms with E-state index in [1.54, 1.807) is 66.7 Å². The monoisotopic (exact) mass is 640 g/mol. The summed E-state index contributed by atoms with van der Waals surface area (Å²) >= 11 is 6.09. The first kappa shape index (κ1) is 30.3. The standard InChI is InChI=1S/C35H29ClN2O6S/c1-24-12-18-29(19-13-24)45(41,42)38-32(20-31(37-38)27-14-16-28(36)17-15-27)30-21-35(30,33(39)43-22-25-8-4-2-5-9-25)34(40)44-23-26-10-6-3-7-11-26/h2-20,30H,21-23H2,1H3/t30-/m0/s1. The summed E-state index contributed by atoms with van der Waals surface area (Å²) in [4.78, 5) is 27.6. The van der Waals surface area contributed by atoms with Crippen molar-refractivity contribution < 1.29 is 27.5 Å². The molecule has 5 aromatic rings. The fraction of sp³-hybridized carbons (Fsp3) is 0.171. The Morgan fingerprint density at radius 3 is 1.89 bits per heavy atom. The number of aromatic nitrogens is 2. The van der Waals surface area contributed by atoms with Gasteiger partial charge in [-0.3, -0.25) is 9.59 Å². The highest BCUT2D eigenvalue weighted by molar-refractivity contribution is 7.89. The van der Waals surface area contributed by atoms with Crippen molar-refractivity contribution in [1.82, 2.24) is 9.19 Å². The van der Waals surface area contributed by atoms with Crippen LogP contribution in [-0.2, 0) is 42.3 Å². The third kappa shape index (κ3) is 6.14. The average Bonchev–Trinajstić information content (AvgIpc) is 3.66. The van der Waals surface area contributed by atoms with Crippen LogP contribution in [0.1, 0.15) is 34.7 Å². The van der Waals surface area contributed by atoms with Crippen molar-refractivity contribution in [2.24, 2.45) is 5.41 Å². The summed E-state index contributed by atoms with van der Waals surface area (Å²) in [6.07, 6.45) is -0.0105. The largest absolute Gasteiger partial charge is 0.460 e. The van der Waals surface area contributed by atoms with E-state index in [-0.39, 0.29) is 30.2 Å². The molecule has 0 N–H and O–H groups in total. The first-order chi connectivity index (χ1) is 21.7. The maximum Gasteiger partial charge on any atom is 0.324 e. The fourth-order valence-electron chi connectivity index (χ4n) is 5.24. The highest BCUT2D eigenvalue weighted by atomic mass is 35.5. The summed E-state index contributed by atoms with van der Waals surface area (Å²) in [7, 11) is -4.22. The lowest BCUT2D eigenvalue weighted by molar-refractivity contribution is -0.166. The van der Waals surface area contributed by atoms with E-state index >= 15 is 0 Å². The minimum atomic E-state index is -4.22. The highest BCUT2D eigenvalue weighted by Crippen LogP contribution is 2.61. The van der Waals surface area contributed by atoms with Gasteiger partial charge < -0.3 is 9.47 Å². The summed E-state index contributed by atoms with van der Waals surface area (Å²) in [5, 5.41) is 5.00. The van der Waals surface area contributed by atoms with Crippen LogP contribution in [0.25, 0.3) is 11.3 Å². The number of aryl methyl sites for hydroxylation is 1. The smallest absolute Gasteiger partial charge is 0.324 e. The molecule has 0 unspecified atom stereocenters. The molecule has 0 aliphatic heterocycles. The molecule has 1 saturated carbocycles. The van der Waals surface area contributed by atoms with Gasteiger partial charge in [-0.2, -0.15) is 17.6 Å². The van der Waals surface area contributed by atoms with Gasteiger partial charge in [-0.05, 0) is 54.8 Å². The zero-order valence-corrected chi connectivity index (χ0v) is 25.9. The Morgan fingerprint density at radius 1 is 0.822 bits per heavy atom. The third-order valence-electron chi connectivity index (χ3n) is 7.86. The van der Waals surface area contributed by atoms with E-state index in [9.17, 15) is 18.0 Å². The van der Waals surface area contributed by atoms with Crippen LogP contribution in [0, 0.1) is 12.3 Å². The van der Waals surface area contributed by atoms with Gasteiger partial charge in [0.15, 0.2) is 5.41 Å². The van der Waals surface area contributed by atoms with Crippen LogP contribution in [0.4, 0.5) is 0 Å². The molecule has 1 aromatic heterocycles. The number of ether oxygens (including phenoxy) is 2. The van der Waals surface area contributed by atoms with E-state index in [1.807, 2.05) is 43.3 Å². The topological polar surface area (TPSA) is 105 Å². The van der Waals surface area contributed by atoms with Gasteiger partial charge in [-0.25, -0.2) is 0 Å². The number of hydrogen-bond acceptors (Lipinski definition) is 7. The van der Waals surface area contributed by atoms with E-state index in [0.29, 0.717) is 16.3 Å². The molecule has 8 nitrogen and oxygen atoms in total. The number of halogens is 1. The molecular weight excluding hydrogens is 612 g/mol. The molecule has 1 atom stereocenters. The molecule has 10 heteroatoms. The van der Waals surface area contributed by atoms with Gasteiger partial charge in [0, 0.05) is 16.5 Å². The van der Waals surface area contributed by atoms with Crippen molar-refractivity contribution >= 4 is 33.6 Å². The van der Waals surface area contributed by atoms with Gasteiger partial charge in [0.05, 0.1) is 16.3 Å². The number of carbonyl (C=O) groups is 2. The van der Waals surface area contributed by atoms with Crippen molar-refractivity contribution in [2.75, 3.05) is 0 Å². The zero-order valence-electron chi connectivity index (χ0n) is 24.3. The van der Waals surface area contributed by atoms with E-state index in [2.05, 4.69) is 5.10 Å². The van der Waals surface area contributed by atoms with Crippen LogP contribution >= 0.6 is 11.6 Å². The Hall–Kier alpha value is -4.73. The van der Waals surface area contributed by atoms with Gasteiger partial charge in [-0.1, -0.05) is 102 Å². The molecular formula is C35H29ClN2O6S. The number of esters is 2. The second kappa shape index (κ2) is 12.3. The van der Waals surface area contributed by atoms with E-state index in [0.717, 1.165) is 20.8 Å². The Labute approximate surface area is 266 Å². The van der Waals surface area contributed by atoms with E-state index in [1.165, 1.54) is 12.1 Å². The lowest BCUT2D eigenvalue weighted by atomic mass is 10.0. The van der Waals surface area contributed by atoms with Crippen molar-refractivity contribution in [3.05, 3.63) is 143 Å². The van der Waals surface area contributed by atoms with Gasteiger partial charge in [0.25, 0.3) is 10.0 Å². The Kier molecular flexibility index (Phi) is 8.31. The number of carbonyl (C=O) groups excluding carboxylic acids is 2. The minimum Gasteiger partial charge on any atom is -0.460 e. The van der Waals surface area contributed by atoms with Crippen LogP contribution in [-0.4, -0.2) is 29.5 Å². The lowest BCUT2D eigenvalue weighted by Gasteiger charge is -2.17. The van der Waals surface area contributed by atoms with E-state index < -0.39 is 33.3 Å². The first-order valence-corrected chi connectivity index (χ1v) is 16.1. The molecule has 4 aromatic carbocycles. The van der Waals surface area contributed by atoms with Crippen molar-refractivity contribution in [2.45, 2.75) is 37.4 Å². The van der Waals surface area contributed by atoms with Gasteiger partial charge >= 0.3 is 11.9 Å². The fourth-order valence-corrected chi connectivity index (χ4v) is 6.69. The molecule has 228 valence electrons. The minimum absolute atomic E-state index is 0.0105. The van der Waals surface area contributed by atoms with Crippen LogP contribution < -0.4 is 0 Å². The maximum absolute atomic E-state index is 14.0. The van der Waals surface area contributed by atoms with Crippen LogP contribution in [0.3, 0.4) is 0 Å². The van der Waals surface area contributed by atoms with Crippen LogP contribution in [0.15, 0.2) is 120 Å². The molecule has 1 fully saturated rings. The van der Waals surface area contributed by atoms with Gasteiger partial charge in [0.1, 0.15) is 13.2 Å². The molecule has 1 aliphatic rings. The summed E-state index contributed by atoms with van der Waals surface area (Å²) < 4.78 is 40.3. The quantitative estimate of drug-likeness (QED) is 0.123. The average molecular weight is 641 g/mol. The molecule has 6 rings (SSSR count). The molecule has 1 aliphatic carbocycles. The Balaban J connectivity index is 1.40. The lowest BCUT2D eigenvalue weighted by Crippen LogP contribution is -2.32. The first-order valence-electron chi connectivity index (χ1n) is 14.3. The molecule has 0 radical (unpaired) electrons. The molecule has 45 heavy (non-hydrogen) atoms. The predicted octanol–water partition coefficient (Wildman–Crippen LogP) is 6.71. The summed E-state index contributed by atoms with van der Waals surface area (Å²) in [6.45, 7) is 1.74. The molecule has 1 heterocycles. The molecule has 0 amide bonds. The zero-order chi connectivity index (χ0) is 31.6. The second-order valence-electron chi connectivity index (χ2n) is 11.0.